The van der Waals surface area contributed by atoms with Crippen molar-refractivity contribution in [1.82, 2.24) is 15.7 Å². The molecular formula is C24H33FN6O9. The average Bonchev–Trinajstić information content (AvgIpc) is 3.39. The van der Waals surface area contributed by atoms with Crippen LogP contribution in [0, 0.1) is 0 Å². The van der Waals surface area contributed by atoms with Crippen LogP contribution in [0.1, 0.15) is 55.3 Å². The van der Waals surface area contributed by atoms with Crippen molar-refractivity contribution in [2.45, 2.75) is 63.1 Å². The van der Waals surface area contributed by atoms with Gasteiger partial charge >= 0.3 is 23.9 Å². The number of unbranched alkanes of at least 4 members (excludes halogenated alkanes) is 1. The molecule has 0 radical (unpaired) electrons. The fraction of sp³-hybridized carbons (Fsp3) is 0.542. The highest BCUT2D eigenvalue weighted by atomic mass is 19.1. The van der Waals surface area contributed by atoms with Gasteiger partial charge in [0.05, 0.1) is 24.9 Å². The Hall–Kier alpha value is -4.34. The lowest BCUT2D eigenvalue weighted by Gasteiger charge is -2.24. The summed E-state index contributed by atoms with van der Waals surface area (Å²) in [4.78, 5) is 58.0. The highest BCUT2D eigenvalue weighted by molar-refractivity contribution is 5.94. The van der Waals surface area contributed by atoms with Crippen molar-refractivity contribution in [2.75, 3.05) is 24.8 Å². The van der Waals surface area contributed by atoms with Gasteiger partial charge in [0.25, 0.3) is 5.91 Å². The fourth-order valence-corrected chi connectivity index (χ4v) is 3.81. The zero-order chi connectivity index (χ0) is 29.7. The summed E-state index contributed by atoms with van der Waals surface area (Å²) in [6.07, 6.45) is 0.351. The molecule has 0 aliphatic carbocycles. The van der Waals surface area contributed by atoms with Gasteiger partial charge in [-0.25, -0.2) is 19.4 Å². The van der Waals surface area contributed by atoms with Gasteiger partial charge in [0, 0.05) is 18.5 Å². The van der Waals surface area contributed by atoms with E-state index in [1.807, 2.05) is 5.32 Å². The number of benzene rings is 1. The molecule has 6 N–H and O–H groups in total. The van der Waals surface area contributed by atoms with Gasteiger partial charge in [-0.05, 0) is 62.8 Å². The number of carboxylic acid groups (broad SMARTS) is 3. The highest BCUT2D eigenvalue weighted by Gasteiger charge is 2.31. The summed E-state index contributed by atoms with van der Waals surface area (Å²) in [5.74, 6) is -4.76. The van der Waals surface area contributed by atoms with E-state index in [1.165, 1.54) is 0 Å². The number of anilines is 1. The molecule has 3 atom stereocenters. The predicted octanol–water partition coefficient (Wildman–Crippen LogP) is 2.06. The molecule has 1 heterocycles. The summed E-state index contributed by atoms with van der Waals surface area (Å²) in [5, 5.41) is 51.4. The number of aliphatic carboxylic acids is 3. The van der Waals surface area contributed by atoms with Crippen molar-refractivity contribution >= 4 is 35.5 Å². The monoisotopic (exact) mass is 568 g/mol. The van der Waals surface area contributed by atoms with E-state index in [0.29, 0.717) is 31.4 Å². The third kappa shape index (κ3) is 10.1. The lowest BCUT2D eigenvalue weighted by Crippen LogP contribution is -2.52. The minimum atomic E-state index is -1.88. The molecule has 0 saturated heterocycles. The molecule has 0 spiro atoms. The number of hydrogen-bond donors (Lipinski definition) is 6. The molecule has 2 rings (SSSR count). The van der Waals surface area contributed by atoms with Gasteiger partial charge in [-0.1, -0.05) is 5.22 Å². The smallest absolute Gasteiger partial charge is 0.342 e. The van der Waals surface area contributed by atoms with Crippen molar-refractivity contribution < 1.29 is 48.9 Å². The number of carbonyl (C=O) groups excluding carboxylic acids is 2. The first-order valence-electron chi connectivity index (χ1n) is 12.6. The van der Waals surface area contributed by atoms with Gasteiger partial charge in [0.15, 0.2) is 6.04 Å². The second-order valence-corrected chi connectivity index (χ2v) is 9.04. The van der Waals surface area contributed by atoms with Gasteiger partial charge < -0.3 is 26.0 Å². The maximum Gasteiger partial charge on any atom is 0.342 e. The topological polar surface area (TPSA) is 222 Å². The number of carboxylic acids is 3. The number of halogens is 1. The molecule has 220 valence electrons. The van der Waals surface area contributed by atoms with E-state index in [-0.39, 0.29) is 36.4 Å². The molecule has 15 nitrogen and oxygen atoms in total. The molecule has 0 aromatic heterocycles. The van der Waals surface area contributed by atoms with E-state index in [0.717, 1.165) is 5.69 Å². The maximum absolute atomic E-state index is 12.4. The van der Waals surface area contributed by atoms with E-state index >= 15 is 0 Å². The lowest BCUT2D eigenvalue weighted by atomic mass is 10.1. The molecule has 0 bridgehead atoms. The maximum atomic E-state index is 12.4. The minimum absolute atomic E-state index is 0.0687. The van der Waals surface area contributed by atoms with Crippen LogP contribution in [0.3, 0.4) is 0 Å². The van der Waals surface area contributed by atoms with E-state index in [9.17, 15) is 38.7 Å². The summed E-state index contributed by atoms with van der Waals surface area (Å²) >= 11 is 0. The van der Waals surface area contributed by atoms with Gasteiger partial charge in [-0.3, -0.25) is 19.2 Å². The van der Waals surface area contributed by atoms with Crippen LogP contribution in [-0.4, -0.2) is 93.3 Å². The standard InChI is InChI=1S/C24H33FN6O9/c25-12-3-4-16-14-30(29-28-16)17-8-6-15(7-9-17)21(34)26-13-2-1-5-18(22(35)36)27-24(39)31(40)19(23(37)38)10-11-20(32)33/h6-9,16,18-19,40H,1-5,10-14H2,(H,26,34)(H,27,39)(H,32,33)(H,35,36)(H,37,38). The van der Waals surface area contributed by atoms with Crippen LogP contribution >= 0.6 is 0 Å². The summed E-state index contributed by atoms with van der Waals surface area (Å²) in [7, 11) is 0. The highest BCUT2D eigenvalue weighted by Crippen LogP contribution is 2.22. The molecule has 0 fully saturated rings. The first-order chi connectivity index (χ1) is 19.0. The van der Waals surface area contributed by atoms with Crippen LogP contribution in [0.15, 0.2) is 34.6 Å². The van der Waals surface area contributed by atoms with Crippen molar-refractivity contribution in [3.05, 3.63) is 29.8 Å². The molecule has 40 heavy (non-hydrogen) atoms. The largest absolute Gasteiger partial charge is 0.481 e. The Morgan fingerprint density at radius 2 is 1.73 bits per heavy atom. The van der Waals surface area contributed by atoms with Crippen molar-refractivity contribution in [3.63, 3.8) is 0 Å². The fourth-order valence-electron chi connectivity index (χ4n) is 3.81. The van der Waals surface area contributed by atoms with Gasteiger partial charge in [0.1, 0.15) is 6.04 Å². The molecule has 0 saturated carbocycles. The number of alkyl halides is 1. The predicted molar refractivity (Wildman–Crippen MR) is 136 cm³/mol. The number of amides is 3. The number of hydroxylamine groups is 2. The number of rotatable bonds is 17. The van der Waals surface area contributed by atoms with Crippen molar-refractivity contribution in [3.8, 4) is 0 Å². The number of nitrogens with one attached hydrogen (secondary N) is 2. The Morgan fingerprint density at radius 3 is 2.33 bits per heavy atom. The van der Waals surface area contributed by atoms with E-state index in [2.05, 4.69) is 15.7 Å². The third-order valence-electron chi connectivity index (χ3n) is 6.03. The summed E-state index contributed by atoms with van der Waals surface area (Å²) in [6, 6.07) is 1.87. The Bertz CT molecular complexity index is 1070. The van der Waals surface area contributed by atoms with Gasteiger partial charge in [-0.2, -0.15) is 10.2 Å². The van der Waals surface area contributed by atoms with Crippen LogP contribution in [0.2, 0.25) is 0 Å². The van der Waals surface area contributed by atoms with Crippen molar-refractivity contribution in [2.24, 2.45) is 10.3 Å². The minimum Gasteiger partial charge on any atom is -0.481 e. The van der Waals surface area contributed by atoms with E-state index in [1.54, 1.807) is 29.3 Å². The average molecular weight is 569 g/mol. The van der Waals surface area contributed by atoms with Crippen LogP contribution in [-0.2, 0) is 14.4 Å². The third-order valence-corrected chi connectivity index (χ3v) is 6.03. The normalized spacial score (nSPS) is 15.8. The van der Waals surface area contributed by atoms with Crippen LogP contribution in [0.4, 0.5) is 14.9 Å². The second kappa shape index (κ2) is 15.9. The summed E-state index contributed by atoms with van der Waals surface area (Å²) < 4.78 is 12.3. The molecule has 1 aromatic carbocycles. The lowest BCUT2D eigenvalue weighted by molar-refractivity contribution is -0.158. The zero-order valence-corrected chi connectivity index (χ0v) is 21.6. The molecule has 1 aromatic rings. The molecule has 1 aliphatic heterocycles. The molecule has 3 unspecified atom stereocenters. The zero-order valence-electron chi connectivity index (χ0n) is 21.6. The van der Waals surface area contributed by atoms with Crippen molar-refractivity contribution in [1.29, 1.82) is 0 Å². The quantitative estimate of drug-likeness (QED) is 0.0911. The summed E-state index contributed by atoms with van der Waals surface area (Å²) in [6.45, 7) is 0.339. The Labute approximate surface area is 228 Å². The molecule has 1 aliphatic rings. The Morgan fingerprint density at radius 1 is 1.02 bits per heavy atom. The molecule has 16 heteroatoms. The number of carbonyl (C=O) groups is 5. The number of urea groups is 1. The Kier molecular flexibility index (Phi) is 12.7. The van der Waals surface area contributed by atoms with Gasteiger partial charge in [-0.15, -0.1) is 0 Å². The first-order valence-corrected chi connectivity index (χ1v) is 12.6. The summed E-state index contributed by atoms with van der Waals surface area (Å²) in [5.41, 5.74) is 1.13. The Balaban J connectivity index is 1.76. The molecular weight excluding hydrogens is 535 g/mol. The second-order valence-electron chi connectivity index (χ2n) is 9.04. The van der Waals surface area contributed by atoms with Gasteiger partial charge in [0.2, 0.25) is 0 Å². The molecule has 3 amide bonds. The van der Waals surface area contributed by atoms with Crippen LogP contribution < -0.4 is 15.6 Å². The first kappa shape index (κ1) is 31.9. The number of hydrogen-bond acceptors (Lipinski definition) is 9. The SMILES string of the molecule is O=C(O)CCC(C(=O)O)N(O)C(=O)NC(CCCCNC(=O)c1ccc(N2CC(CCCF)N=N2)cc1)C(=O)O. The number of nitrogens with zero attached hydrogens (tertiary/aromatic N) is 4. The van der Waals surface area contributed by atoms with Crippen LogP contribution in [0.5, 0.6) is 0 Å². The van der Waals surface area contributed by atoms with E-state index in [4.69, 9.17) is 10.2 Å². The van der Waals surface area contributed by atoms with Crippen LogP contribution in [0.25, 0.3) is 0 Å². The van der Waals surface area contributed by atoms with E-state index < -0.39 is 55.5 Å².